The molecule has 0 unspecified atom stereocenters. The van der Waals surface area contributed by atoms with Crippen LogP contribution in [0.2, 0.25) is 0 Å². The van der Waals surface area contributed by atoms with E-state index in [1.807, 2.05) is 48.5 Å². The molecule has 0 bridgehead atoms. The number of nitrogens with zero attached hydrogens (tertiary/aromatic N) is 2. The standard InChI is InChI=1S/C20H18N2O2/c1-13-14(2)20(16-5-9-18(10-6-16)24-12-22)19(13)15-3-7-17(8-4-15)23-11-21/h3-10,13-14,19-20H,1-2H3/t13-,14+,19-,20+. The third-order valence-electron chi connectivity index (χ3n) is 5.21. The Kier molecular flexibility index (Phi) is 4.40. The highest BCUT2D eigenvalue weighted by Gasteiger charge is 2.46. The van der Waals surface area contributed by atoms with E-state index in [0.29, 0.717) is 35.2 Å². The van der Waals surface area contributed by atoms with Crippen LogP contribution in [-0.2, 0) is 0 Å². The van der Waals surface area contributed by atoms with Crippen molar-refractivity contribution in [1.82, 2.24) is 0 Å². The van der Waals surface area contributed by atoms with E-state index in [2.05, 4.69) is 13.8 Å². The van der Waals surface area contributed by atoms with Crippen molar-refractivity contribution < 1.29 is 9.47 Å². The monoisotopic (exact) mass is 318 g/mol. The van der Waals surface area contributed by atoms with E-state index in [0.717, 1.165) is 0 Å². The molecule has 0 spiro atoms. The number of hydrogen-bond donors (Lipinski definition) is 0. The van der Waals surface area contributed by atoms with Crippen LogP contribution in [0.25, 0.3) is 0 Å². The van der Waals surface area contributed by atoms with Gasteiger partial charge in [0.15, 0.2) is 0 Å². The van der Waals surface area contributed by atoms with Gasteiger partial charge in [0, 0.05) is 0 Å². The van der Waals surface area contributed by atoms with E-state index in [-0.39, 0.29) is 0 Å². The van der Waals surface area contributed by atoms with Crippen molar-refractivity contribution in [3.05, 3.63) is 59.7 Å². The SMILES string of the molecule is C[C@@H]1[C@H](C)[C@@H](c2ccc(OC#N)cc2)[C@H]1c1ccc(OC#N)cc1. The highest BCUT2D eigenvalue weighted by Crippen LogP contribution is 2.57. The normalized spacial score (nSPS) is 25.0. The summed E-state index contributed by atoms with van der Waals surface area (Å²) in [6, 6.07) is 15.5. The Morgan fingerprint density at radius 1 is 0.667 bits per heavy atom. The van der Waals surface area contributed by atoms with E-state index >= 15 is 0 Å². The zero-order chi connectivity index (χ0) is 17.1. The molecule has 1 aliphatic carbocycles. The predicted octanol–water partition coefficient (Wildman–Crippen LogP) is 4.56. The molecule has 0 aromatic heterocycles. The summed E-state index contributed by atoms with van der Waals surface area (Å²) in [5, 5.41) is 17.2. The zero-order valence-electron chi connectivity index (χ0n) is 13.6. The molecule has 0 N–H and O–H groups in total. The van der Waals surface area contributed by atoms with Crippen LogP contribution in [0.1, 0.15) is 36.8 Å². The molecule has 4 atom stereocenters. The molecule has 24 heavy (non-hydrogen) atoms. The van der Waals surface area contributed by atoms with Crippen LogP contribution in [0.4, 0.5) is 0 Å². The maximum Gasteiger partial charge on any atom is 0.292 e. The summed E-state index contributed by atoms with van der Waals surface area (Å²) in [6.07, 6.45) is 3.38. The molecule has 3 rings (SSSR count). The number of ether oxygens (including phenoxy) is 2. The fourth-order valence-corrected chi connectivity index (χ4v) is 3.81. The maximum absolute atomic E-state index is 8.58. The van der Waals surface area contributed by atoms with E-state index < -0.39 is 0 Å². The summed E-state index contributed by atoms with van der Waals surface area (Å²) in [7, 11) is 0. The molecule has 2 aromatic rings. The Hall–Kier alpha value is -2.98. The van der Waals surface area contributed by atoms with Crippen molar-refractivity contribution in [2.45, 2.75) is 25.7 Å². The number of rotatable bonds is 4. The van der Waals surface area contributed by atoms with E-state index in [1.54, 1.807) is 12.5 Å². The van der Waals surface area contributed by atoms with Crippen LogP contribution in [-0.4, -0.2) is 0 Å². The van der Waals surface area contributed by atoms with Gasteiger partial charge >= 0.3 is 0 Å². The van der Waals surface area contributed by atoms with Crippen molar-refractivity contribution in [1.29, 1.82) is 10.5 Å². The van der Waals surface area contributed by atoms with Crippen LogP contribution >= 0.6 is 0 Å². The molecule has 0 aliphatic heterocycles. The first-order valence-corrected chi connectivity index (χ1v) is 7.97. The van der Waals surface area contributed by atoms with Crippen LogP contribution < -0.4 is 9.47 Å². The second-order valence-electron chi connectivity index (χ2n) is 6.29. The lowest BCUT2D eigenvalue weighted by molar-refractivity contribution is 0.122. The van der Waals surface area contributed by atoms with Crippen LogP contribution in [0.15, 0.2) is 48.5 Å². The second kappa shape index (κ2) is 6.64. The first kappa shape index (κ1) is 15.9. The molecular weight excluding hydrogens is 300 g/mol. The van der Waals surface area contributed by atoms with Crippen LogP contribution in [0.3, 0.4) is 0 Å². The molecule has 4 heteroatoms. The first-order valence-electron chi connectivity index (χ1n) is 7.97. The molecule has 0 heterocycles. The predicted molar refractivity (Wildman–Crippen MR) is 89.2 cm³/mol. The van der Waals surface area contributed by atoms with Gasteiger partial charge in [0.2, 0.25) is 0 Å². The Morgan fingerprint density at radius 3 is 1.29 bits per heavy atom. The van der Waals surface area contributed by atoms with Gasteiger partial charge in [0.25, 0.3) is 12.5 Å². The van der Waals surface area contributed by atoms with Crippen molar-refractivity contribution >= 4 is 0 Å². The molecule has 1 saturated carbocycles. The smallest absolute Gasteiger partial charge is 0.292 e. The van der Waals surface area contributed by atoms with Crippen LogP contribution in [0.5, 0.6) is 11.5 Å². The minimum absolute atomic E-state index is 0.430. The average molecular weight is 318 g/mol. The first-order chi connectivity index (χ1) is 11.7. The third kappa shape index (κ3) is 2.79. The molecule has 0 radical (unpaired) electrons. The molecular formula is C20H18N2O2. The average Bonchev–Trinajstić information content (AvgIpc) is 2.61. The van der Waals surface area contributed by atoms with Gasteiger partial charge in [-0.1, -0.05) is 38.1 Å². The highest BCUT2D eigenvalue weighted by molar-refractivity contribution is 5.39. The highest BCUT2D eigenvalue weighted by atomic mass is 16.5. The minimum Gasteiger partial charge on any atom is -0.388 e. The van der Waals surface area contributed by atoms with Crippen molar-refractivity contribution in [2.75, 3.05) is 0 Å². The fourth-order valence-electron chi connectivity index (χ4n) is 3.81. The second-order valence-corrected chi connectivity index (χ2v) is 6.29. The van der Waals surface area contributed by atoms with Gasteiger partial charge in [0.05, 0.1) is 0 Å². The summed E-state index contributed by atoms with van der Waals surface area (Å²) < 4.78 is 9.71. The maximum atomic E-state index is 8.58. The van der Waals surface area contributed by atoms with Gasteiger partial charge in [-0.25, -0.2) is 0 Å². The quantitative estimate of drug-likeness (QED) is 0.775. The van der Waals surface area contributed by atoms with Crippen molar-refractivity contribution in [3.8, 4) is 24.0 Å². The topological polar surface area (TPSA) is 66.0 Å². The van der Waals surface area contributed by atoms with Gasteiger partial charge in [-0.3, -0.25) is 0 Å². The molecule has 120 valence electrons. The Morgan fingerprint density at radius 2 is 1.00 bits per heavy atom. The largest absolute Gasteiger partial charge is 0.388 e. The van der Waals surface area contributed by atoms with Gasteiger partial charge in [-0.05, 0) is 59.1 Å². The Labute approximate surface area is 141 Å². The van der Waals surface area contributed by atoms with Crippen molar-refractivity contribution in [3.63, 3.8) is 0 Å². The molecule has 1 fully saturated rings. The fraction of sp³-hybridized carbons (Fsp3) is 0.300. The van der Waals surface area contributed by atoms with Gasteiger partial charge in [0.1, 0.15) is 11.5 Å². The lowest BCUT2D eigenvalue weighted by atomic mass is 9.54. The molecule has 1 aliphatic rings. The lowest BCUT2D eigenvalue weighted by Gasteiger charge is -2.50. The summed E-state index contributed by atoms with van der Waals surface area (Å²) in [5.41, 5.74) is 2.52. The van der Waals surface area contributed by atoms with Crippen molar-refractivity contribution in [2.24, 2.45) is 11.8 Å². The zero-order valence-corrected chi connectivity index (χ0v) is 13.6. The van der Waals surface area contributed by atoms with Gasteiger partial charge < -0.3 is 9.47 Å². The Balaban J connectivity index is 1.84. The van der Waals surface area contributed by atoms with E-state index in [4.69, 9.17) is 20.0 Å². The van der Waals surface area contributed by atoms with E-state index in [9.17, 15) is 0 Å². The molecule has 4 nitrogen and oxygen atoms in total. The van der Waals surface area contributed by atoms with E-state index in [1.165, 1.54) is 11.1 Å². The Bertz CT molecular complexity index is 715. The van der Waals surface area contributed by atoms with Gasteiger partial charge in [-0.2, -0.15) is 0 Å². The molecule has 0 amide bonds. The lowest BCUT2D eigenvalue weighted by Crippen LogP contribution is -2.39. The summed E-state index contributed by atoms with van der Waals surface area (Å²) in [6.45, 7) is 4.55. The summed E-state index contributed by atoms with van der Waals surface area (Å²) in [5.74, 6) is 3.14. The summed E-state index contributed by atoms with van der Waals surface area (Å²) in [4.78, 5) is 0. The van der Waals surface area contributed by atoms with Crippen LogP contribution in [0, 0.1) is 34.9 Å². The molecule has 0 saturated heterocycles. The van der Waals surface area contributed by atoms with Gasteiger partial charge in [-0.15, -0.1) is 10.5 Å². The number of hydrogen-bond acceptors (Lipinski definition) is 4. The minimum atomic E-state index is 0.430. The number of benzene rings is 2. The third-order valence-corrected chi connectivity index (χ3v) is 5.21. The number of nitriles is 2. The summed E-state index contributed by atoms with van der Waals surface area (Å²) >= 11 is 0. The molecule has 2 aromatic carbocycles.